The maximum atomic E-state index is 12.6. The molecule has 0 aromatic heterocycles. The molecular weight excluding hydrogens is 340 g/mol. The van der Waals surface area contributed by atoms with E-state index in [1.54, 1.807) is 0 Å². The number of nitrogens with one attached hydrogen (secondary N) is 1. The number of rotatable bonds is 5. The maximum absolute atomic E-state index is 12.6. The highest BCUT2D eigenvalue weighted by atomic mass is 16.6. The van der Waals surface area contributed by atoms with Gasteiger partial charge < -0.3 is 20.5 Å². The minimum absolute atomic E-state index is 0.0390. The lowest BCUT2D eigenvalue weighted by Gasteiger charge is -2.31. The molecule has 2 aromatic rings. The summed E-state index contributed by atoms with van der Waals surface area (Å²) in [6, 6.07) is 13.7. The summed E-state index contributed by atoms with van der Waals surface area (Å²) < 4.78 is 11.4. The summed E-state index contributed by atoms with van der Waals surface area (Å²) in [5.41, 5.74) is 8.51. The van der Waals surface area contributed by atoms with Crippen molar-refractivity contribution in [1.82, 2.24) is 5.32 Å². The van der Waals surface area contributed by atoms with Crippen LogP contribution < -0.4 is 20.5 Å². The quantitative estimate of drug-likeness (QED) is 0.852. The number of ether oxygens (including phenoxy) is 2. The highest BCUT2D eigenvalue weighted by Gasteiger charge is 2.36. The van der Waals surface area contributed by atoms with Gasteiger partial charge in [0.15, 0.2) is 11.5 Å². The molecule has 1 aliphatic carbocycles. The molecule has 0 atom stereocenters. The van der Waals surface area contributed by atoms with Crippen LogP contribution in [-0.4, -0.2) is 25.7 Å². The van der Waals surface area contributed by atoms with Gasteiger partial charge in [0, 0.05) is 24.1 Å². The molecule has 1 saturated carbocycles. The fourth-order valence-corrected chi connectivity index (χ4v) is 4.14. The predicted molar refractivity (Wildman–Crippen MR) is 104 cm³/mol. The number of carbonyl (C=O) groups is 1. The third-order valence-corrected chi connectivity index (χ3v) is 5.75. The summed E-state index contributed by atoms with van der Waals surface area (Å²) in [5.74, 6) is 1.58. The van der Waals surface area contributed by atoms with Crippen LogP contribution >= 0.6 is 0 Å². The van der Waals surface area contributed by atoms with E-state index in [4.69, 9.17) is 15.2 Å². The van der Waals surface area contributed by atoms with Crippen LogP contribution in [0.15, 0.2) is 42.5 Å². The van der Waals surface area contributed by atoms with Gasteiger partial charge in [0.1, 0.15) is 13.2 Å². The molecule has 4 rings (SSSR count). The molecule has 1 amide bonds. The second-order valence-electron chi connectivity index (χ2n) is 7.43. The van der Waals surface area contributed by atoms with Gasteiger partial charge in [0.2, 0.25) is 0 Å². The lowest BCUT2D eigenvalue weighted by molar-refractivity contribution is 0.0943. The van der Waals surface area contributed by atoms with Crippen LogP contribution in [0.1, 0.15) is 47.2 Å². The molecule has 0 bridgehead atoms. The van der Waals surface area contributed by atoms with E-state index in [2.05, 4.69) is 17.4 Å². The zero-order chi connectivity index (χ0) is 18.7. The molecule has 0 saturated heterocycles. The number of fused-ring (bicyclic) bond motifs is 1. The van der Waals surface area contributed by atoms with E-state index in [0.717, 1.165) is 29.9 Å². The zero-order valence-corrected chi connectivity index (χ0v) is 15.5. The molecule has 1 fully saturated rings. The molecule has 1 heterocycles. The molecule has 5 nitrogen and oxygen atoms in total. The Bertz CT molecular complexity index is 811. The van der Waals surface area contributed by atoms with E-state index >= 15 is 0 Å². The third kappa shape index (κ3) is 3.65. The first kappa shape index (κ1) is 17.9. The molecule has 0 radical (unpaired) electrons. The van der Waals surface area contributed by atoms with E-state index in [1.165, 1.54) is 18.4 Å². The van der Waals surface area contributed by atoms with E-state index < -0.39 is 0 Å². The Labute approximate surface area is 159 Å². The van der Waals surface area contributed by atoms with Gasteiger partial charge in [-0.05, 0) is 48.2 Å². The Morgan fingerprint density at radius 1 is 1.00 bits per heavy atom. The van der Waals surface area contributed by atoms with Crippen molar-refractivity contribution in [2.75, 3.05) is 19.8 Å². The lowest BCUT2D eigenvalue weighted by atomic mass is 9.78. The van der Waals surface area contributed by atoms with E-state index in [0.29, 0.717) is 31.9 Å². The van der Waals surface area contributed by atoms with Crippen molar-refractivity contribution in [3.8, 4) is 11.5 Å². The molecule has 2 aliphatic rings. The number of nitrogens with two attached hydrogens (primary N) is 1. The molecule has 142 valence electrons. The predicted octanol–water partition coefficient (Wildman–Crippen LogP) is 3.16. The van der Waals surface area contributed by atoms with Crippen LogP contribution in [0.2, 0.25) is 0 Å². The van der Waals surface area contributed by atoms with Gasteiger partial charge in [-0.2, -0.15) is 0 Å². The molecule has 2 aromatic carbocycles. The Morgan fingerprint density at radius 2 is 1.70 bits per heavy atom. The second kappa shape index (κ2) is 7.61. The van der Waals surface area contributed by atoms with E-state index in [1.807, 2.05) is 30.3 Å². The second-order valence-corrected chi connectivity index (χ2v) is 7.43. The highest BCUT2D eigenvalue weighted by Crippen LogP contribution is 2.43. The van der Waals surface area contributed by atoms with Crippen molar-refractivity contribution in [3.63, 3.8) is 0 Å². The van der Waals surface area contributed by atoms with Crippen molar-refractivity contribution >= 4 is 5.91 Å². The van der Waals surface area contributed by atoms with Crippen LogP contribution in [0.5, 0.6) is 11.5 Å². The van der Waals surface area contributed by atoms with Crippen LogP contribution in [0.25, 0.3) is 0 Å². The van der Waals surface area contributed by atoms with Gasteiger partial charge in [-0.25, -0.2) is 0 Å². The summed E-state index contributed by atoms with van der Waals surface area (Å²) in [5, 5.41) is 3.16. The van der Waals surface area contributed by atoms with Crippen molar-refractivity contribution < 1.29 is 14.3 Å². The summed E-state index contributed by atoms with van der Waals surface area (Å²) in [7, 11) is 0. The number of benzene rings is 2. The van der Waals surface area contributed by atoms with Crippen LogP contribution in [-0.2, 0) is 12.0 Å². The van der Waals surface area contributed by atoms with Gasteiger partial charge in [0.05, 0.1) is 0 Å². The SMILES string of the molecule is NCc1ccc(C(=O)NCC2(c3ccc4c(c3)OCCO4)CCCC2)cc1. The van der Waals surface area contributed by atoms with Gasteiger partial charge in [-0.15, -0.1) is 0 Å². The van der Waals surface area contributed by atoms with Crippen LogP contribution in [0.3, 0.4) is 0 Å². The molecule has 5 heteroatoms. The Morgan fingerprint density at radius 3 is 2.41 bits per heavy atom. The normalized spacial score (nSPS) is 17.5. The average molecular weight is 366 g/mol. The smallest absolute Gasteiger partial charge is 0.251 e. The van der Waals surface area contributed by atoms with Crippen molar-refractivity contribution in [2.45, 2.75) is 37.6 Å². The maximum Gasteiger partial charge on any atom is 0.251 e. The van der Waals surface area contributed by atoms with Gasteiger partial charge >= 0.3 is 0 Å². The standard InChI is InChI=1S/C22H26N2O3/c23-14-16-3-5-17(6-4-16)21(25)24-15-22(9-1-2-10-22)18-7-8-19-20(13-18)27-12-11-26-19/h3-8,13H,1-2,9-12,14-15,23H2,(H,24,25). The molecule has 0 spiro atoms. The fraction of sp³-hybridized carbons (Fsp3) is 0.409. The first-order chi connectivity index (χ1) is 13.2. The highest BCUT2D eigenvalue weighted by molar-refractivity contribution is 5.94. The monoisotopic (exact) mass is 366 g/mol. The van der Waals surface area contributed by atoms with Gasteiger partial charge in [-0.1, -0.05) is 31.0 Å². The average Bonchev–Trinajstić information content (AvgIpc) is 3.22. The largest absolute Gasteiger partial charge is 0.486 e. The Balaban J connectivity index is 1.51. The molecular formula is C22H26N2O3. The molecule has 27 heavy (non-hydrogen) atoms. The first-order valence-electron chi connectivity index (χ1n) is 9.68. The zero-order valence-electron chi connectivity index (χ0n) is 15.5. The first-order valence-corrected chi connectivity index (χ1v) is 9.68. The fourth-order valence-electron chi connectivity index (χ4n) is 4.14. The Hall–Kier alpha value is -2.53. The summed E-state index contributed by atoms with van der Waals surface area (Å²) in [6.45, 7) is 2.29. The molecule has 1 aliphatic heterocycles. The summed E-state index contributed by atoms with van der Waals surface area (Å²) in [6.07, 6.45) is 4.49. The van der Waals surface area contributed by atoms with Crippen molar-refractivity contribution in [3.05, 3.63) is 59.2 Å². The number of hydrogen-bond acceptors (Lipinski definition) is 4. The van der Waals surface area contributed by atoms with E-state index in [-0.39, 0.29) is 11.3 Å². The Kier molecular flexibility index (Phi) is 5.03. The van der Waals surface area contributed by atoms with Gasteiger partial charge in [0.25, 0.3) is 5.91 Å². The topological polar surface area (TPSA) is 73.6 Å². The number of carbonyl (C=O) groups excluding carboxylic acids is 1. The number of hydrogen-bond donors (Lipinski definition) is 2. The minimum atomic E-state index is -0.0395. The van der Waals surface area contributed by atoms with Crippen LogP contribution in [0, 0.1) is 0 Å². The summed E-state index contributed by atoms with van der Waals surface area (Å²) >= 11 is 0. The minimum Gasteiger partial charge on any atom is -0.486 e. The third-order valence-electron chi connectivity index (χ3n) is 5.75. The summed E-state index contributed by atoms with van der Waals surface area (Å²) in [4.78, 5) is 12.6. The lowest BCUT2D eigenvalue weighted by Crippen LogP contribution is -2.39. The molecule has 3 N–H and O–H groups in total. The molecule has 0 unspecified atom stereocenters. The van der Waals surface area contributed by atoms with Crippen molar-refractivity contribution in [2.24, 2.45) is 5.73 Å². The van der Waals surface area contributed by atoms with Crippen LogP contribution in [0.4, 0.5) is 0 Å². The van der Waals surface area contributed by atoms with Crippen molar-refractivity contribution in [1.29, 1.82) is 0 Å². The van der Waals surface area contributed by atoms with Gasteiger partial charge in [-0.3, -0.25) is 4.79 Å². The van der Waals surface area contributed by atoms with E-state index in [9.17, 15) is 4.79 Å². The number of amides is 1.